The molecule has 0 bridgehead atoms. The van der Waals surface area contributed by atoms with Crippen LogP contribution in [0.4, 0.5) is 0 Å². The molecule has 13 heavy (non-hydrogen) atoms. The first-order valence-corrected chi connectivity index (χ1v) is 5.63. The summed E-state index contributed by atoms with van der Waals surface area (Å²) in [7, 11) is 2.29. The topological polar surface area (TPSA) is 6.48 Å². The SMILES string of the molecule is CC(C)N1C[C@@H]2CCCN(C)[C@@H]2C1. The fraction of sp³-hybridized carbons (Fsp3) is 1.00. The molecule has 0 saturated carbocycles. The average molecular weight is 182 g/mol. The molecule has 0 aromatic heterocycles. The Morgan fingerprint density at radius 2 is 2.00 bits per heavy atom. The molecule has 0 aromatic carbocycles. The number of likely N-dealkylation sites (N-methyl/N-ethyl adjacent to an activating group) is 1. The largest absolute Gasteiger partial charge is 0.302 e. The van der Waals surface area contributed by atoms with Gasteiger partial charge in [-0.25, -0.2) is 0 Å². The zero-order valence-electron chi connectivity index (χ0n) is 9.16. The molecular formula is C11H22N2. The zero-order valence-corrected chi connectivity index (χ0v) is 9.16. The van der Waals surface area contributed by atoms with Gasteiger partial charge in [0.2, 0.25) is 0 Å². The third kappa shape index (κ3) is 1.75. The minimum atomic E-state index is 0.735. The number of piperidine rings is 1. The van der Waals surface area contributed by atoms with E-state index in [1.54, 1.807) is 0 Å². The summed E-state index contributed by atoms with van der Waals surface area (Å²) in [6.45, 7) is 8.59. The summed E-state index contributed by atoms with van der Waals surface area (Å²) in [4.78, 5) is 5.20. The molecule has 0 aliphatic carbocycles. The van der Waals surface area contributed by atoms with Crippen LogP contribution in [0.1, 0.15) is 26.7 Å². The third-order valence-electron chi connectivity index (χ3n) is 3.82. The number of hydrogen-bond acceptors (Lipinski definition) is 2. The summed E-state index contributed by atoms with van der Waals surface area (Å²) in [6.07, 6.45) is 2.86. The van der Waals surface area contributed by atoms with Crippen molar-refractivity contribution in [2.75, 3.05) is 26.7 Å². The first-order chi connectivity index (χ1) is 6.18. The molecule has 0 amide bonds. The van der Waals surface area contributed by atoms with E-state index < -0.39 is 0 Å². The molecule has 2 nitrogen and oxygen atoms in total. The summed E-state index contributed by atoms with van der Waals surface area (Å²) in [6, 6.07) is 1.59. The van der Waals surface area contributed by atoms with E-state index in [4.69, 9.17) is 0 Å². The second-order valence-electron chi connectivity index (χ2n) is 5.00. The number of nitrogens with zero attached hydrogens (tertiary/aromatic N) is 2. The van der Waals surface area contributed by atoms with Gasteiger partial charge in [0.15, 0.2) is 0 Å². The van der Waals surface area contributed by atoms with Crippen molar-refractivity contribution in [2.24, 2.45) is 5.92 Å². The van der Waals surface area contributed by atoms with Crippen molar-refractivity contribution in [1.82, 2.24) is 9.80 Å². The Balaban J connectivity index is 2.00. The van der Waals surface area contributed by atoms with Gasteiger partial charge in [-0.2, -0.15) is 0 Å². The number of likely N-dealkylation sites (tertiary alicyclic amines) is 2. The van der Waals surface area contributed by atoms with Gasteiger partial charge in [0.1, 0.15) is 0 Å². The van der Waals surface area contributed by atoms with E-state index in [0.717, 1.165) is 18.0 Å². The van der Waals surface area contributed by atoms with Gasteiger partial charge >= 0.3 is 0 Å². The Labute approximate surface area is 81.9 Å². The maximum atomic E-state index is 2.64. The monoisotopic (exact) mass is 182 g/mol. The highest BCUT2D eigenvalue weighted by Crippen LogP contribution is 2.30. The van der Waals surface area contributed by atoms with Crippen LogP contribution in [0.2, 0.25) is 0 Å². The van der Waals surface area contributed by atoms with Crippen molar-refractivity contribution in [2.45, 2.75) is 38.8 Å². The molecule has 2 heteroatoms. The van der Waals surface area contributed by atoms with Crippen molar-refractivity contribution in [1.29, 1.82) is 0 Å². The Kier molecular flexibility index (Phi) is 2.61. The number of hydrogen-bond donors (Lipinski definition) is 0. The Hall–Kier alpha value is -0.0800. The van der Waals surface area contributed by atoms with Gasteiger partial charge in [0.05, 0.1) is 0 Å². The van der Waals surface area contributed by atoms with Crippen LogP contribution in [0.25, 0.3) is 0 Å². The smallest absolute Gasteiger partial charge is 0.0260 e. The molecule has 0 unspecified atom stereocenters. The van der Waals surface area contributed by atoms with Crippen LogP contribution in [0, 0.1) is 5.92 Å². The summed E-state index contributed by atoms with van der Waals surface area (Å²) < 4.78 is 0. The quantitative estimate of drug-likeness (QED) is 0.605. The van der Waals surface area contributed by atoms with Crippen molar-refractivity contribution < 1.29 is 0 Å². The second-order valence-corrected chi connectivity index (χ2v) is 5.00. The molecular weight excluding hydrogens is 160 g/mol. The van der Waals surface area contributed by atoms with Crippen LogP contribution in [0.5, 0.6) is 0 Å². The molecule has 2 rings (SSSR count). The zero-order chi connectivity index (χ0) is 9.42. The maximum Gasteiger partial charge on any atom is 0.0260 e. The number of fused-ring (bicyclic) bond motifs is 1. The van der Waals surface area contributed by atoms with Gasteiger partial charge in [-0.1, -0.05) is 0 Å². The lowest BCUT2D eigenvalue weighted by Crippen LogP contribution is -2.42. The van der Waals surface area contributed by atoms with Crippen LogP contribution in [-0.2, 0) is 0 Å². The van der Waals surface area contributed by atoms with E-state index in [0.29, 0.717) is 0 Å². The normalized spacial score (nSPS) is 36.9. The van der Waals surface area contributed by atoms with Crippen LogP contribution in [0.3, 0.4) is 0 Å². The molecule has 2 heterocycles. The molecule has 0 radical (unpaired) electrons. The second kappa shape index (κ2) is 3.58. The summed E-state index contributed by atoms with van der Waals surface area (Å²) in [5.74, 6) is 0.959. The minimum Gasteiger partial charge on any atom is -0.302 e. The first-order valence-electron chi connectivity index (χ1n) is 5.63. The highest BCUT2D eigenvalue weighted by molar-refractivity contribution is 4.93. The maximum absolute atomic E-state index is 2.64. The van der Waals surface area contributed by atoms with E-state index in [1.807, 2.05) is 0 Å². The van der Waals surface area contributed by atoms with Crippen molar-refractivity contribution in [3.05, 3.63) is 0 Å². The molecule has 2 atom stereocenters. The summed E-state index contributed by atoms with van der Waals surface area (Å²) in [5.41, 5.74) is 0. The molecule has 2 aliphatic rings. The van der Waals surface area contributed by atoms with Crippen molar-refractivity contribution in [3.8, 4) is 0 Å². The van der Waals surface area contributed by atoms with Gasteiger partial charge in [-0.15, -0.1) is 0 Å². The van der Waals surface area contributed by atoms with Gasteiger partial charge in [-0.05, 0) is 46.2 Å². The van der Waals surface area contributed by atoms with Crippen molar-refractivity contribution in [3.63, 3.8) is 0 Å². The Bertz CT molecular complexity index is 179. The molecule has 2 saturated heterocycles. The predicted molar refractivity (Wildman–Crippen MR) is 55.9 cm³/mol. The van der Waals surface area contributed by atoms with Crippen LogP contribution in [0.15, 0.2) is 0 Å². The van der Waals surface area contributed by atoms with Crippen molar-refractivity contribution >= 4 is 0 Å². The van der Waals surface area contributed by atoms with E-state index in [9.17, 15) is 0 Å². The fourth-order valence-corrected chi connectivity index (χ4v) is 2.86. The highest BCUT2D eigenvalue weighted by Gasteiger charge is 2.37. The lowest BCUT2D eigenvalue weighted by Gasteiger charge is -2.33. The fourth-order valence-electron chi connectivity index (χ4n) is 2.86. The van der Waals surface area contributed by atoms with Gasteiger partial charge in [0, 0.05) is 25.2 Å². The summed E-state index contributed by atoms with van der Waals surface area (Å²) in [5, 5.41) is 0. The van der Waals surface area contributed by atoms with E-state index in [1.165, 1.54) is 32.5 Å². The third-order valence-corrected chi connectivity index (χ3v) is 3.82. The lowest BCUT2D eigenvalue weighted by atomic mass is 9.93. The van der Waals surface area contributed by atoms with Gasteiger partial charge < -0.3 is 4.90 Å². The van der Waals surface area contributed by atoms with Crippen LogP contribution in [-0.4, -0.2) is 48.6 Å². The van der Waals surface area contributed by atoms with Gasteiger partial charge in [-0.3, -0.25) is 4.90 Å². The van der Waals surface area contributed by atoms with E-state index >= 15 is 0 Å². The van der Waals surface area contributed by atoms with E-state index in [2.05, 4.69) is 30.7 Å². The van der Waals surface area contributed by atoms with E-state index in [-0.39, 0.29) is 0 Å². The lowest BCUT2D eigenvalue weighted by molar-refractivity contribution is 0.155. The molecule has 2 aliphatic heterocycles. The first kappa shape index (κ1) is 9.47. The Morgan fingerprint density at radius 3 is 2.62 bits per heavy atom. The standard InChI is InChI=1S/C11H22N2/c1-9(2)13-7-10-5-4-6-12(3)11(10)8-13/h9-11H,4-8H2,1-3H3/t10-,11+/m0/s1. The highest BCUT2D eigenvalue weighted by atomic mass is 15.3. The number of rotatable bonds is 1. The molecule has 76 valence electrons. The van der Waals surface area contributed by atoms with Crippen LogP contribution < -0.4 is 0 Å². The van der Waals surface area contributed by atoms with Crippen LogP contribution >= 0.6 is 0 Å². The molecule has 0 spiro atoms. The predicted octanol–water partition coefficient (Wildman–Crippen LogP) is 1.42. The molecule has 2 fully saturated rings. The molecule has 0 aromatic rings. The average Bonchev–Trinajstić information content (AvgIpc) is 2.49. The minimum absolute atomic E-state index is 0.735. The summed E-state index contributed by atoms with van der Waals surface area (Å²) >= 11 is 0. The molecule has 0 N–H and O–H groups in total. The van der Waals surface area contributed by atoms with Gasteiger partial charge in [0.25, 0.3) is 0 Å². The Morgan fingerprint density at radius 1 is 1.23 bits per heavy atom.